The third kappa shape index (κ3) is 4.01. The maximum absolute atomic E-state index is 12.3. The zero-order chi connectivity index (χ0) is 19.2. The lowest BCUT2D eigenvalue weighted by atomic mass is 10.1. The van der Waals surface area contributed by atoms with E-state index in [0.29, 0.717) is 5.75 Å². The molecule has 1 aliphatic heterocycles. The van der Waals surface area contributed by atoms with Gasteiger partial charge >= 0.3 is 0 Å². The molecule has 0 saturated carbocycles. The summed E-state index contributed by atoms with van der Waals surface area (Å²) in [5.41, 5.74) is 4.64. The lowest BCUT2D eigenvalue weighted by molar-refractivity contribution is 0.266. The van der Waals surface area contributed by atoms with Crippen molar-refractivity contribution in [2.75, 3.05) is 26.9 Å². The van der Waals surface area contributed by atoms with Gasteiger partial charge in [-0.05, 0) is 29.8 Å². The molecule has 3 N–H and O–H groups in total. The summed E-state index contributed by atoms with van der Waals surface area (Å²) in [7, 11) is 1.66. The fraction of sp³-hybridized carbons (Fsp3) is 0.211. The third-order valence-corrected chi connectivity index (χ3v) is 4.15. The first-order valence-electron chi connectivity index (χ1n) is 8.31. The summed E-state index contributed by atoms with van der Waals surface area (Å²) in [6, 6.07) is 9.62. The number of nitrogens with one attached hydrogen (secondary N) is 1. The molecule has 4 rings (SSSR count). The largest absolute Gasteiger partial charge is 0.491 e. The number of rotatable bonds is 5. The topological polar surface area (TPSA) is 73.8 Å². The molecule has 0 saturated heterocycles. The number of aromatic nitrogens is 2. The molecule has 0 unspecified atom stereocenters. The van der Waals surface area contributed by atoms with Crippen molar-refractivity contribution in [1.29, 1.82) is 0 Å². The van der Waals surface area contributed by atoms with E-state index in [1.807, 2.05) is 47.0 Å². The van der Waals surface area contributed by atoms with Crippen LogP contribution in [0.15, 0.2) is 54.6 Å². The first kappa shape index (κ1) is 19.4. The summed E-state index contributed by atoms with van der Waals surface area (Å²) in [5, 5.41) is 3.22. The maximum Gasteiger partial charge on any atom is 0.194 e. The Morgan fingerprint density at radius 1 is 1.30 bits per heavy atom. The normalized spacial score (nSPS) is 13.3. The Morgan fingerprint density at radius 3 is 2.93 bits per heavy atom. The van der Waals surface area contributed by atoms with E-state index in [2.05, 4.69) is 20.3 Å². The zero-order valence-electron chi connectivity index (χ0n) is 14.8. The van der Waals surface area contributed by atoms with E-state index in [4.69, 9.17) is 9.47 Å². The van der Waals surface area contributed by atoms with Crippen molar-refractivity contribution in [3.63, 3.8) is 0 Å². The molecule has 27 heavy (non-hydrogen) atoms. The number of fused-ring (bicyclic) bond motifs is 3. The van der Waals surface area contributed by atoms with Crippen LogP contribution in [0.2, 0.25) is 0 Å². The Balaban J connectivity index is 0.00000102. The van der Waals surface area contributed by atoms with Crippen molar-refractivity contribution >= 4 is 45.1 Å². The summed E-state index contributed by atoms with van der Waals surface area (Å²) in [4.78, 5) is 4.67. The van der Waals surface area contributed by atoms with Gasteiger partial charge in [0.15, 0.2) is 5.88 Å². The number of halogens is 2. The summed E-state index contributed by atoms with van der Waals surface area (Å²) in [6.07, 6.45) is 6.08. The number of hydrogen-bond acceptors (Lipinski definition) is 5. The van der Waals surface area contributed by atoms with Gasteiger partial charge in [0.1, 0.15) is 24.7 Å². The first-order valence-corrected chi connectivity index (χ1v) is 9.56. The van der Waals surface area contributed by atoms with E-state index in [1.165, 1.54) is 0 Å². The van der Waals surface area contributed by atoms with Gasteiger partial charge in [0, 0.05) is 47.2 Å². The lowest BCUT2D eigenvalue weighted by Crippen LogP contribution is -2.19. The molecule has 1 aromatic carbocycles. The van der Waals surface area contributed by atoms with Crippen LogP contribution in [0, 0.1) is 0 Å². The standard InChI is InChI=1S/C19H18FN3O2.H2IN/c1-24-19-15(3-2-8-21-19)13-6-9-23-17-12-14(25-10-7-20)4-5-16(17)22-18(23)11-13;1-2/h2-6,9,11-12,21H,7-8,10H2,1H3;2H2. The van der Waals surface area contributed by atoms with E-state index in [1.54, 1.807) is 30.0 Å². The summed E-state index contributed by atoms with van der Waals surface area (Å²) in [6.45, 7) is 0.302. The molecule has 0 aliphatic carbocycles. The number of imidazole rings is 1. The predicted molar refractivity (Wildman–Crippen MR) is 113 cm³/mol. The van der Waals surface area contributed by atoms with Crippen LogP contribution in [0.25, 0.3) is 22.3 Å². The highest BCUT2D eigenvalue weighted by Crippen LogP contribution is 2.26. The Kier molecular flexibility index (Phi) is 6.51. The molecule has 0 bridgehead atoms. The minimum atomic E-state index is -0.507. The molecule has 1 aliphatic rings. The quantitative estimate of drug-likeness (QED) is 0.430. The number of hydrogen-bond donors (Lipinski definition) is 2. The Morgan fingerprint density at radius 2 is 2.15 bits per heavy atom. The van der Waals surface area contributed by atoms with Crippen LogP contribution in [0.1, 0.15) is 5.56 Å². The number of pyridine rings is 1. The van der Waals surface area contributed by atoms with Gasteiger partial charge < -0.3 is 14.8 Å². The highest BCUT2D eigenvalue weighted by molar-refractivity contribution is 14.1. The Hall–Kier alpha value is -2.33. The smallest absolute Gasteiger partial charge is 0.194 e. The SMILES string of the molecule is COC1=C(c2ccn3c(c2)nc2ccc(OCCF)cc23)C=CCN1.NI. The number of methoxy groups -OCH3 is 1. The van der Waals surface area contributed by atoms with Crippen molar-refractivity contribution < 1.29 is 13.9 Å². The van der Waals surface area contributed by atoms with Gasteiger partial charge in [-0.1, -0.05) is 12.2 Å². The molecule has 0 spiro atoms. The highest BCUT2D eigenvalue weighted by Gasteiger charge is 2.13. The fourth-order valence-electron chi connectivity index (χ4n) is 3.01. The van der Waals surface area contributed by atoms with E-state index in [9.17, 15) is 4.39 Å². The number of allylic oxidation sites excluding steroid dienone is 2. The number of nitrogens with zero attached hydrogens (tertiary/aromatic N) is 2. The minimum Gasteiger partial charge on any atom is -0.491 e. The van der Waals surface area contributed by atoms with Gasteiger partial charge in [-0.25, -0.2) is 9.37 Å². The Labute approximate surface area is 170 Å². The van der Waals surface area contributed by atoms with Crippen LogP contribution in [0.5, 0.6) is 5.75 Å². The molecule has 2 aromatic heterocycles. The number of dihydropyridines is 1. The predicted octanol–water partition coefficient (Wildman–Crippen LogP) is 3.61. The van der Waals surface area contributed by atoms with E-state index >= 15 is 0 Å². The molecule has 0 radical (unpaired) electrons. The van der Waals surface area contributed by atoms with E-state index in [0.717, 1.165) is 40.2 Å². The Bertz CT molecular complexity index is 1000. The zero-order valence-corrected chi connectivity index (χ0v) is 16.9. The molecular formula is C19H20FIN4O2. The molecule has 6 nitrogen and oxygen atoms in total. The van der Waals surface area contributed by atoms with Crippen LogP contribution in [-0.2, 0) is 4.74 Å². The minimum absolute atomic E-state index is 0.0552. The van der Waals surface area contributed by atoms with Gasteiger partial charge in [0.25, 0.3) is 0 Å². The van der Waals surface area contributed by atoms with Crippen LogP contribution in [-0.4, -0.2) is 36.3 Å². The van der Waals surface area contributed by atoms with Crippen molar-refractivity contribution in [1.82, 2.24) is 14.7 Å². The number of benzene rings is 1. The van der Waals surface area contributed by atoms with E-state index in [-0.39, 0.29) is 6.61 Å². The van der Waals surface area contributed by atoms with Crippen molar-refractivity contribution in [3.8, 4) is 5.75 Å². The number of alkyl halides is 1. The second-order valence-corrected chi connectivity index (χ2v) is 5.67. The van der Waals surface area contributed by atoms with Gasteiger partial charge in [-0.2, -0.15) is 0 Å². The fourth-order valence-corrected chi connectivity index (χ4v) is 3.01. The monoisotopic (exact) mass is 482 g/mol. The van der Waals surface area contributed by atoms with Crippen LogP contribution in [0.4, 0.5) is 4.39 Å². The molecule has 0 atom stereocenters. The molecule has 142 valence electrons. The lowest BCUT2D eigenvalue weighted by Gasteiger charge is -2.16. The van der Waals surface area contributed by atoms with Crippen LogP contribution >= 0.6 is 22.9 Å². The molecule has 8 heteroatoms. The molecular weight excluding hydrogens is 462 g/mol. The van der Waals surface area contributed by atoms with Crippen molar-refractivity contribution in [2.45, 2.75) is 0 Å². The number of nitrogens with two attached hydrogens (primary N) is 1. The molecule has 0 fully saturated rings. The highest BCUT2D eigenvalue weighted by atomic mass is 127. The van der Waals surface area contributed by atoms with Gasteiger partial charge in [-0.15, -0.1) is 0 Å². The summed E-state index contributed by atoms with van der Waals surface area (Å²) in [5.74, 6) is 1.39. The van der Waals surface area contributed by atoms with Crippen LogP contribution in [0.3, 0.4) is 0 Å². The van der Waals surface area contributed by atoms with Gasteiger partial charge in [0.2, 0.25) is 0 Å². The number of ether oxygens (including phenoxy) is 2. The van der Waals surface area contributed by atoms with E-state index < -0.39 is 6.67 Å². The second kappa shape index (κ2) is 9.05. The van der Waals surface area contributed by atoms with Gasteiger partial charge in [-0.3, -0.25) is 8.35 Å². The molecule has 3 aromatic rings. The summed E-state index contributed by atoms with van der Waals surface area (Å²) >= 11 is 1.65. The average molecular weight is 482 g/mol. The van der Waals surface area contributed by atoms with Gasteiger partial charge in [0.05, 0.1) is 18.1 Å². The maximum atomic E-state index is 12.3. The second-order valence-electron chi connectivity index (χ2n) is 5.67. The van der Waals surface area contributed by atoms with Crippen LogP contribution < -0.4 is 14.0 Å². The average Bonchev–Trinajstić information content (AvgIpc) is 3.10. The first-order chi connectivity index (χ1) is 13.3. The van der Waals surface area contributed by atoms with Crippen molar-refractivity contribution in [2.24, 2.45) is 3.95 Å². The van der Waals surface area contributed by atoms with Crippen molar-refractivity contribution in [3.05, 3.63) is 60.1 Å². The molecule has 0 amide bonds. The molecule has 3 heterocycles. The summed E-state index contributed by atoms with van der Waals surface area (Å²) < 4.78 is 29.6. The third-order valence-electron chi connectivity index (χ3n) is 4.15.